The van der Waals surface area contributed by atoms with Crippen LogP contribution in [-0.4, -0.2) is 35.1 Å². The van der Waals surface area contributed by atoms with E-state index in [1.807, 2.05) is 0 Å². The average Bonchev–Trinajstić information content (AvgIpc) is 3.21. The molecule has 21 heavy (non-hydrogen) atoms. The molecular weight excluding hydrogens is 273 g/mol. The van der Waals surface area contributed by atoms with Crippen LogP contribution in [0.25, 0.3) is 11.3 Å². The van der Waals surface area contributed by atoms with Gasteiger partial charge in [0.25, 0.3) is 5.91 Å². The molecule has 0 radical (unpaired) electrons. The summed E-state index contributed by atoms with van der Waals surface area (Å²) in [5.41, 5.74) is 0.330. The van der Waals surface area contributed by atoms with Crippen LogP contribution in [-0.2, 0) is 0 Å². The molecule has 1 fully saturated rings. The normalized spacial score (nSPS) is 14.2. The van der Waals surface area contributed by atoms with E-state index in [2.05, 4.69) is 0 Å². The largest absolute Gasteiger partial charge is 0.451 e. The second-order valence-electron chi connectivity index (χ2n) is 5.10. The maximum absolute atomic E-state index is 13.7. The Hall–Kier alpha value is -2.14. The maximum Gasteiger partial charge on any atom is 0.289 e. The van der Waals surface area contributed by atoms with Crippen LogP contribution in [0.4, 0.5) is 4.39 Å². The van der Waals surface area contributed by atoms with Crippen molar-refractivity contribution in [2.45, 2.75) is 18.9 Å². The summed E-state index contributed by atoms with van der Waals surface area (Å²) < 4.78 is 19.2. The number of halogens is 1. The number of amides is 1. The third kappa shape index (κ3) is 2.83. The molecule has 1 N–H and O–H groups in total. The summed E-state index contributed by atoms with van der Waals surface area (Å²) in [5, 5.41) is 9.05. The van der Waals surface area contributed by atoms with Gasteiger partial charge in [-0.05, 0) is 37.1 Å². The molecule has 3 rings (SSSR count). The molecule has 0 aliphatic heterocycles. The fourth-order valence-corrected chi connectivity index (χ4v) is 2.34. The molecule has 1 aromatic heterocycles. The first-order chi connectivity index (χ1) is 10.2. The van der Waals surface area contributed by atoms with Gasteiger partial charge in [-0.25, -0.2) is 4.39 Å². The van der Waals surface area contributed by atoms with Crippen LogP contribution in [0, 0.1) is 5.82 Å². The minimum Gasteiger partial charge on any atom is -0.451 e. The van der Waals surface area contributed by atoms with Gasteiger partial charge in [0.1, 0.15) is 11.6 Å². The van der Waals surface area contributed by atoms with Gasteiger partial charge in [0.2, 0.25) is 0 Å². The average molecular weight is 289 g/mol. The van der Waals surface area contributed by atoms with Gasteiger partial charge in [0.15, 0.2) is 5.76 Å². The van der Waals surface area contributed by atoms with Crippen LogP contribution >= 0.6 is 0 Å². The summed E-state index contributed by atoms with van der Waals surface area (Å²) >= 11 is 0. The predicted octanol–water partition coefficient (Wildman–Crippen LogP) is 2.68. The molecule has 1 amide bonds. The summed E-state index contributed by atoms with van der Waals surface area (Å²) in [5.74, 6) is -0.140. The van der Waals surface area contributed by atoms with Crippen molar-refractivity contribution in [2.75, 3.05) is 13.2 Å². The van der Waals surface area contributed by atoms with E-state index in [4.69, 9.17) is 9.52 Å². The molecule has 1 saturated carbocycles. The number of carbonyl (C=O) groups excluding carboxylic acids is 1. The van der Waals surface area contributed by atoms with E-state index < -0.39 is 0 Å². The highest BCUT2D eigenvalue weighted by atomic mass is 19.1. The Bertz CT molecular complexity index is 648. The van der Waals surface area contributed by atoms with Gasteiger partial charge in [-0.2, -0.15) is 0 Å². The lowest BCUT2D eigenvalue weighted by Crippen LogP contribution is -2.35. The number of rotatable bonds is 5. The molecule has 1 aliphatic rings. The predicted molar refractivity (Wildman–Crippen MR) is 75.2 cm³/mol. The van der Waals surface area contributed by atoms with Gasteiger partial charge in [0.05, 0.1) is 12.2 Å². The van der Waals surface area contributed by atoms with E-state index >= 15 is 0 Å². The third-order valence-electron chi connectivity index (χ3n) is 3.55. The van der Waals surface area contributed by atoms with Gasteiger partial charge in [0, 0.05) is 12.6 Å². The Morgan fingerprint density at radius 1 is 1.29 bits per heavy atom. The minimum atomic E-state index is -0.389. The lowest BCUT2D eigenvalue weighted by molar-refractivity contribution is 0.0676. The molecule has 1 heterocycles. The Kier molecular flexibility index (Phi) is 3.75. The Balaban J connectivity index is 1.84. The molecular formula is C16H16FNO3. The van der Waals surface area contributed by atoms with Gasteiger partial charge in [-0.15, -0.1) is 0 Å². The molecule has 4 nitrogen and oxygen atoms in total. The smallest absolute Gasteiger partial charge is 0.289 e. The molecule has 1 aromatic carbocycles. The Labute approximate surface area is 121 Å². The Morgan fingerprint density at radius 2 is 2.05 bits per heavy atom. The van der Waals surface area contributed by atoms with Crippen LogP contribution in [0.15, 0.2) is 40.8 Å². The molecule has 0 unspecified atom stereocenters. The number of aliphatic hydroxyl groups is 1. The van der Waals surface area contributed by atoms with Gasteiger partial charge >= 0.3 is 0 Å². The molecule has 5 heteroatoms. The monoisotopic (exact) mass is 289 g/mol. The number of benzene rings is 1. The molecule has 1 aliphatic carbocycles. The molecule has 0 atom stereocenters. The fourth-order valence-electron chi connectivity index (χ4n) is 2.34. The van der Waals surface area contributed by atoms with Crippen molar-refractivity contribution in [3.8, 4) is 11.3 Å². The second kappa shape index (κ2) is 5.69. The lowest BCUT2D eigenvalue weighted by Gasteiger charge is -2.19. The van der Waals surface area contributed by atoms with Crippen LogP contribution in [0.3, 0.4) is 0 Å². The first-order valence-electron chi connectivity index (χ1n) is 6.97. The quantitative estimate of drug-likeness (QED) is 0.920. The van der Waals surface area contributed by atoms with E-state index in [1.54, 1.807) is 35.2 Å². The number of hydrogen-bond acceptors (Lipinski definition) is 3. The van der Waals surface area contributed by atoms with Crippen molar-refractivity contribution in [3.63, 3.8) is 0 Å². The highest BCUT2D eigenvalue weighted by Crippen LogP contribution is 2.30. The van der Waals surface area contributed by atoms with Crippen molar-refractivity contribution in [1.29, 1.82) is 0 Å². The van der Waals surface area contributed by atoms with Gasteiger partial charge in [-0.3, -0.25) is 4.79 Å². The molecule has 0 bridgehead atoms. The summed E-state index contributed by atoms with van der Waals surface area (Å²) in [6, 6.07) is 9.60. The highest BCUT2D eigenvalue weighted by Gasteiger charge is 2.33. The zero-order valence-electron chi connectivity index (χ0n) is 11.5. The standard InChI is InChI=1S/C16H16FNO3/c17-13-4-2-1-3-12(13)14-7-8-15(21-14)16(20)18(9-10-19)11-5-6-11/h1-4,7-8,11,19H,5-6,9-10H2. The summed E-state index contributed by atoms with van der Waals surface area (Å²) in [6.45, 7) is 0.211. The van der Waals surface area contributed by atoms with E-state index in [0.717, 1.165) is 12.8 Å². The van der Waals surface area contributed by atoms with Crippen LogP contribution in [0.2, 0.25) is 0 Å². The first kappa shape index (κ1) is 13.8. The number of furan rings is 1. The van der Waals surface area contributed by atoms with Crippen molar-refractivity contribution >= 4 is 5.91 Å². The highest BCUT2D eigenvalue weighted by molar-refractivity contribution is 5.92. The minimum absolute atomic E-state index is 0.0802. The third-order valence-corrected chi connectivity index (χ3v) is 3.55. The first-order valence-corrected chi connectivity index (χ1v) is 6.97. The molecule has 0 spiro atoms. The summed E-state index contributed by atoms with van der Waals surface area (Å²) in [6.07, 6.45) is 1.90. The number of hydrogen-bond donors (Lipinski definition) is 1. The van der Waals surface area contributed by atoms with Crippen molar-refractivity contribution in [1.82, 2.24) is 4.90 Å². The van der Waals surface area contributed by atoms with E-state index in [0.29, 0.717) is 17.9 Å². The molecule has 110 valence electrons. The summed E-state index contributed by atoms with van der Waals surface area (Å²) in [7, 11) is 0. The van der Waals surface area contributed by atoms with Crippen LogP contribution < -0.4 is 0 Å². The maximum atomic E-state index is 13.7. The van der Waals surface area contributed by atoms with Gasteiger partial charge < -0.3 is 14.4 Å². The van der Waals surface area contributed by atoms with E-state index in [1.165, 1.54) is 6.07 Å². The molecule has 2 aromatic rings. The van der Waals surface area contributed by atoms with Crippen molar-refractivity contribution < 1.29 is 18.7 Å². The van der Waals surface area contributed by atoms with E-state index in [9.17, 15) is 9.18 Å². The van der Waals surface area contributed by atoms with Crippen LogP contribution in [0.1, 0.15) is 23.4 Å². The van der Waals surface area contributed by atoms with Gasteiger partial charge in [-0.1, -0.05) is 12.1 Å². The zero-order chi connectivity index (χ0) is 14.8. The van der Waals surface area contributed by atoms with Crippen molar-refractivity contribution in [2.24, 2.45) is 0 Å². The van der Waals surface area contributed by atoms with E-state index in [-0.39, 0.29) is 30.1 Å². The molecule has 0 saturated heterocycles. The number of carbonyl (C=O) groups is 1. The van der Waals surface area contributed by atoms with Crippen LogP contribution in [0.5, 0.6) is 0 Å². The topological polar surface area (TPSA) is 53.7 Å². The second-order valence-corrected chi connectivity index (χ2v) is 5.10. The number of aliphatic hydroxyl groups excluding tert-OH is 1. The SMILES string of the molecule is O=C(c1ccc(-c2ccccc2F)o1)N(CCO)C1CC1. The lowest BCUT2D eigenvalue weighted by atomic mass is 10.1. The van der Waals surface area contributed by atoms with Crippen molar-refractivity contribution in [3.05, 3.63) is 48.0 Å². The Morgan fingerprint density at radius 3 is 2.71 bits per heavy atom. The summed E-state index contributed by atoms with van der Waals surface area (Å²) in [4.78, 5) is 14.0. The number of nitrogens with zero attached hydrogens (tertiary/aromatic N) is 1. The zero-order valence-corrected chi connectivity index (χ0v) is 11.5. The fraction of sp³-hybridized carbons (Fsp3) is 0.312.